The highest BCUT2D eigenvalue weighted by atomic mass is 79.9. The van der Waals surface area contributed by atoms with E-state index in [1.54, 1.807) is 19.2 Å². The van der Waals surface area contributed by atoms with E-state index in [1.807, 2.05) is 50.2 Å². The average Bonchev–Trinajstić information content (AvgIpc) is 2.54. The second kappa shape index (κ2) is 7.45. The lowest BCUT2D eigenvalue weighted by Crippen LogP contribution is -2.08. The highest BCUT2D eigenvalue weighted by molar-refractivity contribution is 9.09. The van der Waals surface area contributed by atoms with Crippen molar-refractivity contribution in [1.29, 1.82) is 0 Å². The average molecular weight is 363 g/mol. The van der Waals surface area contributed by atoms with Crippen LogP contribution in [0.4, 0.5) is 0 Å². The van der Waals surface area contributed by atoms with Crippen LogP contribution in [0.15, 0.2) is 48.5 Å². The number of Topliss-reactive ketones (excluding diaryl/α,β-unsaturated/α-hetero) is 1. The lowest BCUT2D eigenvalue weighted by molar-refractivity contribution is 0.0991. The van der Waals surface area contributed by atoms with E-state index in [1.165, 1.54) is 0 Å². The molecule has 116 valence electrons. The van der Waals surface area contributed by atoms with Gasteiger partial charge in [-0.05, 0) is 55.8 Å². The Morgan fingerprint density at radius 2 is 1.50 bits per heavy atom. The largest absolute Gasteiger partial charge is 0.497 e. The standard InChI is InChI=1S/C18H19BrO3/c1-12(2)22-16-10-6-14(7-11-16)18(20)17(19)13-4-8-15(21-3)9-5-13/h4-12,17H,1-3H3. The Morgan fingerprint density at radius 3 is 2.00 bits per heavy atom. The zero-order valence-corrected chi connectivity index (χ0v) is 14.5. The van der Waals surface area contributed by atoms with Gasteiger partial charge in [-0.2, -0.15) is 0 Å². The van der Waals surface area contributed by atoms with Crippen molar-refractivity contribution >= 4 is 21.7 Å². The first-order chi connectivity index (χ1) is 10.5. The maximum atomic E-state index is 12.5. The molecule has 4 heteroatoms. The molecule has 2 aromatic carbocycles. The minimum atomic E-state index is -0.379. The Kier molecular flexibility index (Phi) is 5.61. The SMILES string of the molecule is COc1ccc(C(Br)C(=O)c2ccc(OC(C)C)cc2)cc1. The van der Waals surface area contributed by atoms with Gasteiger partial charge in [-0.3, -0.25) is 4.79 Å². The van der Waals surface area contributed by atoms with E-state index in [0.29, 0.717) is 5.56 Å². The monoisotopic (exact) mass is 362 g/mol. The van der Waals surface area contributed by atoms with E-state index in [4.69, 9.17) is 9.47 Å². The first-order valence-electron chi connectivity index (χ1n) is 7.10. The molecule has 0 saturated heterocycles. The van der Waals surface area contributed by atoms with E-state index in [0.717, 1.165) is 17.1 Å². The molecule has 0 aliphatic rings. The predicted molar refractivity (Wildman–Crippen MR) is 91.2 cm³/mol. The Morgan fingerprint density at radius 1 is 0.955 bits per heavy atom. The molecule has 0 aliphatic heterocycles. The molecule has 1 atom stereocenters. The summed E-state index contributed by atoms with van der Waals surface area (Å²) < 4.78 is 10.7. The number of ketones is 1. The molecule has 0 aliphatic carbocycles. The summed E-state index contributed by atoms with van der Waals surface area (Å²) in [6, 6.07) is 14.7. The van der Waals surface area contributed by atoms with E-state index in [9.17, 15) is 4.79 Å². The summed E-state index contributed by atoms with van der Waals surface area (Å²) >= 11 is 3.47. The van der Waals surface area contributed by atoms with Gasteiger partial charge in [0.15, 0.2) is 5.78 Å². The van der Waals surface area contributed by atoms with Crippen molar-refractivity contribution in [3.8, 4) is 11.5 Å². The molecule has 0 amide bonds. The topological polar surface area (TPSA) is 35.5 Å². The van der Waals surface area contributed by atoms with Crippen LogP contribution in [0.2, 0.25) is 0 Å². The molecular weight excluding hydrogens is 344 g/mol. The van der Waals surface area contributed by atoms with Gasteiger partial charge < -0.3 is 9.47 Å². The predicted octanol–water partition coefficient (Wildman–Crippen LogP) is 4.80. The van der Waals surface area contributed by atoms with Gasteiger partial charge in [0.1, 0.15) is 16.3 Å². The summed E-state index contributed by atoms with van der Waals surface area (Å²) in [7, 11) is 1.62. The first-order valence-corrected chi connectivity index (χ1v) is 8.02. The summed E-state index contributed by atoms with van der Waals surface area (Å²) in [5, 5.41) is 0. The summed E-state index contributed by atoms with van der Waals surface area (Å²) in [6.07, 6.45) is 0.116. The van der Waals surface area contributed by atoms with E-state index >= 15 is 0 Å². The smallest absolute Gasteiger partial charge is 0.180 e. The van der Waals surface area contributed by atoms with Crippen LogP contribution >= 0.6 is 15.9 Å². The lowest BCUT2D eigenvalue weighted by atomic mass is 10.0. The molecule has 0 spiro atoms. The van der Waals surface area contributed by atoms with Gasteiger partial charge in [-0.15, -0.1) is 0 Å². The van der Waals surface area contributed by atoms with Crippen molar-refractivity contribution in [2.45, 2.75) is 24.8 Å². The Hall–Kier alpha value is -1.81. The number of methoxy groups -OCH3 is 1. The molecule has 0 fully saturated rings. The fourth-order valence-corrected chi connectivity index (χ4v) is 2.61. The van der Waals surface area contributed by atoms with Crippen LogP contribution in [0.5, 0.6) is 11.5 Å². The maximum Gasteiger partial charge on any atom is 0.180 e. The van der Waals surface area contributed by atoms with Crippen molar-refractivity contribution in [3.63, 3.8) is 0 Å². The fourth-order valence-electron chi connectivity index (χ4n) is 2.04. The van der Waals surface area contributed by atoms with Gasteiger partial charge in [0.25, 0.3) is 0 Å². The number of hydrogen-bond donors (Lipinski definition) is 0. The molecule has 22 heavy (non-hydrogen) atoms. The second-order valence-corrected chi connectivity index (χ2v) is 6.11. The molecule has 0 aromatic heterocycles. The fraction of sp³-hybridized carbons (Fsp3) is 0.278. The first kappa shape index (κ1) is 16.6. The molecule has 3 nitrogen and oxygen atoms in total. The third-order valence-corrected chi connectivity index (χ3v) is 4.09. The van der Waals surface area contributed by atoms with Crippen LogP contribution in [0.3, 0.4) is 0 Å². The van der Waals surface area contributed by atoms with Crippen molar-refractivity contribution in [3.05, 3.63) is 59.7 Å². The maximum absolute atomic E-state index is 12.5. The van der Waals surface area contributed by atoms with Gasteiger partial charge in [-0.1, -0.05) is 28.1 Å². The molecular formula is C18H19BrO3. The zero-order chi connectivity index (χ0) is 16.1. The number of alkyl halides is 1. The summed E-state index contributed by atoms with van der Waals surface area (Å²) in [6.45, 7) is 3.94. The Balaban J connectivity index is 2.12. The molecule has 2 aromatic rings. The van der Waals surface area contributed by atoms with E-state index in [-0.39, 0.29) is 16.7 Å². The van der Waals surface area contributed by atoms with Crippen LogP contribution in [0.25, 0.3) is 0 Å². The van der Waals surface area contributed by atoms with Gasteiger partial charge in [-0.25, -0.2) is 0 Å². The number of carbonyl (C=O) groups excluding carboxylic acids is 1. The van der Waals surface area contributed by atoms with E-state index < -0.39 is 0 Å². The van der Waals surface area contributed by atoms with Gasteiger partial charge in [0, 0.05) is 5.56 Å². The van der Waals surface area contributed by atoms with Crippen LogP contribution in [-0.2, 0) is 0 Å². The molecule has 0 bridgehead atoms. The number of benzene rings is 2. The third kappa shape index (κ3) is 4.10. The number of carbonyl (C=O) groups is 1. The van der Waals surface area contributed by atoms with Crippen LogP contribution in [0.1, 0.15) is 34.6 Å². The van der Waals surface area contributed by atoms with Crippen molar-refractivity contribution in [2.24, 2.45) is 0 Å². The van der Waals surface area contributed by atoms with Crippen molar-refractivity contribution in [1.82, 2.24) is 0 Å². The third-order valence-electron chi connectivity index (χ3n) is 3.15. The lowest BCUT2D eigenvalue weighted by Gasteiger charge is -2.12. The van der Waals surface area contributed by atoms with E-state index in [2.05, 4.69) is 15.9 Å². The number of halogens is 1. The number of ether oxygens (including phenoxy) is 2. The summed E-state index contributed by atoms with van der Waals surface area (Å²) in [4.78, 5) is 12.1. The number of hydrogen-bond acceptors (Lipinski definition) is 3. The Bertz CT molecular complexity index is 618. The Labute approximate surface area is 139 Å². The second-order valence-electron chi connectivity index (χ2n) is 5.19. The molecule has 0 N–H and O–H groups in total. The summed E-state index contributed by atoms with van der Waals surface area (Å²) in [5.74, 6) is 1.55. The minimum absolute atomic E-state index is 0.0151. The van der Waals surface area contributed by atoms with Crippen LogP contribution < -0.4 is 9.47 Å². The molecule has 0 heterocycles. The summed E-state index contributed by atoms with van der Waals surface area (Å²) in [5.41, 5.74) is 1.54. The highest BCUT2D eigenvalue weighted by Crippen LogP contribution is 2.29. The normalized spacial score (nSPS) is 12.0. The minimum Gasteiger partial charge on any atom is -0.497 e. The molecule has 1 unspecified atom stereocenters. The van der Waals surface area contributed by atoms with Crippen molar-refractivity contribution < 1.29 is 14.3 Å². The van der Waals surface area contributed by atoms with Gasteiger partial charge >= 0.3 is 0 Å². The molecule has 2 rings (SSSR count). The van der Waals surface area contributed by atoms with Crippen LogP contribution in [-0.4, -0.2) is 19.0 Å². The molecule has 0 radical (unpaired) electrons. The number of rotatable bonds is 6. The van der Waals surface area contributed by atoms with Crippen LogP contribution in [0, 0.1) is 0 Å². The van der Waals surface area contributed by atoms with Gasteiger partial charge in [0.05, 0.1) is 13.2 Å². The van der Waals surface area contributed by atoms with Crippen molar-refractivity contribution in [2.75, 3.05) is 7.11 Å². The van der Waals surface area contributed by atoms with Gasteiger partial charge in [0.2, 0.25) is 0 Å². The molecule has 0 saturated carbocycles. The zero-order valence-electron chi connectivity index (χ0n) is 12.9. The highest BCUT2D eigenvalue weighted by Gasteiger charge is 2.19. The quantitative estimate of drug-likeness (QED) is 0.546.